The molecule has 6 nitrogen and oxygen atoms in total. The highest BCUT2D eigenvalue weighted by Gasteiger charge is 2.48. The van der Waals surface area contributed by atoms with Gasteiger partial charge in [-0.3, -0.25) is 9.59 Å². The summed E-state index contributed by atoms with van der Waals surface area (Å²) in [5.74, 6) is -1.82. The number of aliphatic hydroxyl groups is 1. The average Bonchev–Trinajstić information content (AvgIpc) is 2.48. The van der Waals surface area contributed by atoms with Crippen LogP contribution in [0.15, 0.2) is 0 Å². The minimum absolute atomic E-state index is 0.0447. The molecule has 1 amide bonds. The van der Waals surface area contributed by atoms with E-state index in [0.29, 0.717) is 19.3 Å². The van der Waals surface area contributed by atoms with Crippen molar-refractivity contribution in [2.75, 3.05) is 6.79 Å². The predicted octanol–water partition coefficient (Wildman–Crippen LogP) is 1.84. The first-order chi connectivity index (χ1) is 11.1. The van der Waals surface area contributed by atoms with Crippen molar-refractivity contribution in [3.8, 4) is 0 Å². The summed E-state index contributed by atoms with van der Waals surface area (Å²) in [6.07, 6.45) is 9.08. The highest BCUT2D eigenvalue weighted by Crippen LogP contribution is 2.36. The molecule has 23 heavy (non-hydrogen) atoms. The molecular formula is C17H27NO5. The van der Waals surface area contributed by atoms with Crippen molar-refractivity contribution in [2.24, 2.45) is 5.92 Å². The van der Waals surface area contributed by atoms with Gasteiger partial charge in [-0.25, -0.2) is 4.79 Å². The Bertz CT molecular complexity index is 442. The van der Waals surface area contributed by atoms with Gasteiger partial charge in [-0.15, -0.1) is 0 Å². The van der Waals surface area contributed by atoms with Crippen molar-refractivity contribution in [3.05, 3.63) is 0 Å². The Kier molecular flexibility index (Phi) is 6.57. The van der Waals surface area contributed by atoms with Gasteiger partial charge in [-0.1, -0.05) is 38.5 Å². The number of rotatable bonds is 3. The number of esters is 1. The summed E-state index contributed by atoms with van der Waals surface area (Å²) >= 11 is 0. The summed E-state index contributed by atoms with van der Waals surface area (Å²) in [6.45, 7) is -0.711. The van der Waals surface area contributed by atoms with Crippen molar-refractivity contribution >= 4 is 17.7 Å². The third kappa shape index (κ3) is 4.31. The molecule has 1 heterocycles. The Morgan fingerprint density at radius 1 is 1.09 bits per heavy atom. The number of ketones is 1. The molecule has 1 saturated carbocycles. The number of amides is 1. The number of carbonyl (C=O) groups is 3. The van der Waals surface area contributed by atoms with Gasteiger partial charge in [0.1, 0.15) is 5.54 Å². The van der Waals surface area contributed by atoms with Gasteiger partial charge in [-0.2, -0.15) is 0 Å². The van der Waals surface area contributed by atoms with Gasteiger partial charge in [0.05, 0.1) is 0 Å². The average molecular weight is 325 g/mol. The van der Waals surface area contributed by atoms with E-state index in [4.69, 9.17) is 9.84 Å². The van der Waals surface area contributed by atoms with Gasteiger partial charge in [0, 0.05) is 6.42 Å². The summed E-state index contributed by atoms with van der Waals surface area (Å²) in [7, 11) is 0. The quantitative estimate of drug-likeness (QED) is 0.469. The molecule has 2 N–H and O–H groups in total. The molecule has 1 atom stereocenters. The Balaban J connectivity index is 2.30. The Morgan fingerprint density at radius 3 is 2.39 bits per heavy atom. The second-order valence-electron chi connectivity index (χ2n) is 6.66. The van der Waals surface area contributed by atoms with Gasteiger partial charge in [0.25, 0.3) is 5.91 Å². The number of nitrogens with one attached hydrogen (secondary N) is 1. The second-order valence-corrected chi connectivity index (χ2v) is 6.66. The Hall–Kier alpha value is -1.43. The highest BCUT2D eigenvalue weighted by molar-refractivity contribution is 6.36. The van der Waals surface area contributed by atoms with Crippen LogP contribution in [0.2, 0.25) is 0 Å². The molecule has 0 spiro atoms. The van der Waals surface area contributed by atoms with E-state index in [0.717, 1.165) is 38.5 Å². The third-order valence-corrected chi connectivity index (χ3v) is 5.18. The lowest BCUT2D eigenvalue weighted by Gasteiger charge is -2.40. The molecule has 1 unspecified atom stereocenters. The lowest BCUT2D eigenvalue weighted by molar-refractivity contribution is -0.166. The SMILES string of the molecule is O=C1CCCCC(C(=O)OCO)(C2CCCCCCC2)NC1=O. The van der Waals surface area contributed by atoms with E-state index in [1.54, 1.807) is 0 Å². The van der Waals surface area contributed by atoms with Crippen LogP contribution in [-0.2, 0) is 19.1 Å². The zero-order valence-corrected chi connectivity index (χ0v) is 13.6. The summed E-state index contributed by atoms with van der Waals surface area (Å²) in [6, 6.07) is 0. The van der Waals surface area contributed by atoms with E-state index in [-0.39, 0.29) is 12.3 Å². The predicted molar refractivity (Wildman–Crippen MR) is 83.3 cm³/mol. The number of aliphatic hydroxyl groups excluding tert-OH is 1. The fourth-order valence-electron chi connectivity index (χ4n) is 3.90. The van der Waals surface area contributed by atoms with Gasteiger partial charge < -0.3 is 15.2 Å². The number of carbonyl (C=O) groups excluding carboxylic acids is 3. The first-order valence-electron chi connectivity index (χ1n) is 8.73. The normalized spacial score (nSPS) is 28.0. The summed E-state index contributed by atoms with van der Waals surface area (Å²) in [4.78, 5) is 36.6. The fraction of sp³-hybridized carbons (Fsp3) is 0.824. The molecule has 1 aliphatic heterocycles. The third-order valence-electron chi connectivity index (χ3n) is 5.18. The maximum absolute atomic E-state index is 12.6. The van der Waals surface area contributed by atoms with E-state index >= 15 is 0 Å². The maximum atomic E-state index is 12.6. The molecule has 0 aromatic carbocycles. The Labute approximate surface area is 137 Å². The van der Waals surface area contributed by atoms with Crippen molar-refractivity contribution in [1.29, 1.82) is 0 Å². The number of Topliss-reactive ketones (excluding diaryl/α,β-unsaturated/α-hetero) is 1. The summed E-state index contributed by atoms with van der Waals surface area (Å²) in [5, 5.41) is 11.7. The molecule has 0 bridgehead atoms. The molecule has 0 aromatic rings. The molecule has 6 heteroatoms. The van der Waals surface area contributed by atoms with Crippen LogP contribution < -0.4 is 5.32 Å². The number of hydrogen-bond donors (Lipinski definition) is 2. The molecule has 2 rings (SSSR count). The van der Waals surface area contributed by atoms with Crippen LogP contribution in [0.25, 0.3) is 0 Å². The smallest absolute Gasteiger partial charge is 0.334 e. The van der Waals surface area contributed by atoms with Crippen molar-refractivity contribution in [2.45, 2.75) is 76.2 Å². The van der Waals surface area contributed by atoms with E-state index in [9.17, 15) is 14.4 Å². The molecule has 2 aliphatic rings. The maximum Gasteiger partial charge on any atom is 0.334 e. The summed E-state index contributed by atoms with van der Waals surface area (Å²) < 4.78 is 4.88. The lowest BCUT2D eigenvalue weighted by atomic mass is 9.72. The first-order valence-corrected chi connectivity index (χ1v) is 8.73. The van der Waals surface area contributed by atoms with Crippen molar-refractivity contribution < 1.29 is 24.2 Å². The largest absolute Gasteiger partial charge is 0.437 e. The Morgan fingerprint density at radius 2 is 1.74 bits per heavy atom. The zero-order valence-electron chi connectivity index (χ0n) is 13.6. The molecule has 130 valence electrons. The van der Waals surface area contributed by atoms with Gasteiger partial charge >= 0.3 is 5.97 Å². The van der Waals surface area contributed by atoms with E-state index < -0.39 is 30.0 Å². The van der Waals surface area contributed by atoms with E-state index in [2.05, 4.69) is 5.32 Å². The molecule has 1 aliphatic carbocycles. The zero-order chi connectivity index (χ0) is 16.7. The fourth-order valence-corrected chi connectivity index (χ4v) is 3.90. The molecule has 2 fully saturated rings. The lowest BCUT2D eigenvalue weighted by Crippen LogP contribution is -2.62. The minimum Gasteiger partial charge on any atom is -0.437 e. The van der Waals surface area contributed by atoms with Gasteiger partial charge in [-0.05, 0) is 31.6 Å². The number of ether oxygens (including phenoxy) is 1. The van der Waals surface area contributed by atoms with Gasteiger partial charge in [0.2, 0.25) is 5.78 Å². The molecule has 1 saturated heterocycles. The van der Waals surface area contributed by atoms with E-state index in [1.165, 1.54) is 6.42 Å². The molecule has 0 radical (unpaired) electrons. The number of hydrogen-bond acceptors (Lipinski definition) is 5. The standard InChI is InChI=1S/C17H27NO5/c19-12-23-16(22)17(13-8-4-2-1-3-5-9-13)11-7-6-10-14(20)15(21)18-17/h13,19H,1-12H2,(H,18,21). The highest BCUT2D eigenvalue weighted by atomic mass is 16.6. The van der Waals surface area contributed by atoms with Crippen LogP contribution in [0.1, 0.15) is 70.6 Å². The molecular weight excluding hydrogens is 298 g/mol. The van der Waals surface area contributed by atoms with Gasteiger partial charge in [0.15, 0.2) is 6.79 Å². The summed E-state index contributed by atoms with van der Waals surface area (Å²) in [5.41, 5.74) is -1.17. The van der Waals surface area contributed by atoms with Crippen LogP contribution >= 0.6 is 0 Å². The van der Waals surface area contributed by atoms with Crippen LogP contribution in [0.4, 0.5) is 0 Å². The van der Waals surface area contributed by atoms with E-state index in [1.807, 2.05) is 0 Å². The van der Waals surface area contributed by atoms with Crippen LogP contribution in [0.3, 0.4) is 0 Å². The first kappa shape index (κ1) is 17.9. The monoisotopic (exact) mass is 325 g/mol. The van der Waals surface area contributed by atoms with Crippen molar-refractivity contribution in [3.63, 3.8) is 0 Å². The van der Waals surface area contributed by atoms with Crippen LogP contribution in [-0.4, -0.2) is 35.1 Å². The topological polar surface area (TPSA) is 92.7 Å². The van der Waals surface area contributed by atoms with Crippen LogP contribution in [0, 0.1) is 5.92 Å². The van der Waals surface area contributed by atoms with Crippen LogP contribution in [0.5, 0.6) is 0 Å². The minimum atomic E-state index is -1.17. The second kappa shape index (κ2) is 8.43. The van der Waals surface area contributed by atoms with Crippen molar-refractivity contribution in [1.82, 2.24) is 5.32 Å². The molecule has 0 aromatic heterocycles.